The first-order chi connectivity index (χ1) is 14.8. The van der Waals surface area contributed by atoms with Crippen LogP contribution in [-0.4, -0.2) is 55.8 Å². The Balaban J connectivity index is 1.44. The van der Waals surface area contributed by atoms with Gasteiger partial charge in [0.1, 0.15) is 23.8 Å². The van der Waals surface area contributed by atoms with Crippen molar-refractivity contribution in [2.45, 2.75) is 39.1 Å². The average molecular weight is 446 g/mol. The van der Waals surface area contributed by atoms with E-state index in [1.54, 1.807) is 9.42 Å². The number of β-amino-alcohol motifs (C(OH)–C–C–N with tert-alkyl or cyclic N) is 1. The number of ether oxygens (including phenoxy) is 1. The van der Waals surface area contributed by atoms with E-state index in [-0.39, 0.29) is 17.2 Å². The maximum absolute atomic E-state index is 13.9. The van der Waals surface area contributed by atoms with Crippen LogP contribution < -0.4 is 10.1 Å². The molecule has 2 aliphatic rings. The fourth-order valence-corrected chi connectivity index (χ4v) is 4.24. The molecule has 2 N–H and O–H groups in total. The molecule has 2 aromatic heterocycles. The molecule has 2 unspecified atom stereocenters. The zero-order valence-electron chi connectivity index (χ0n) is 17.0. The molecular weight excluding hydrogens is 425 g/mol. The number of carbonyl (C=O) groups excluding carboxylic acids is 1. The summed E-state index contributed by atoms with van der Waals surface area (Å²) in [5.74, 6) is -0.691. The molecule has 1 fully saturated rings. The second-order valence-electron chi connectivity index (χ2n) is 7.94. The molecule has 2 aliphatic heterocycles. The van der Waals surface area contributed by atoms with Gasteiger partial charge in [0.05, 0.1) is 40.8 Å². The lowest BCUT2D eigenvalue weighted by Crippen LogP contribution is -2.32. The molecule has 8 nitrogen and oxygen atoms in total. The smallest absolute Gasteiger partial charge is 0.258 e. The Labute approximate surface area is 182 Å². The molecule has 1 saturated heterocycles. The van der Waals surface area contributed by atoms with E-state index in [1.807, 2.05) is 13.8 Å². The van der Waals surface area contributed by atoms with Gasteiger partial charge in [-0.15, -0.1) is 0 Å². The molecule has 31 heavy (non-hydrogen) atoms. The normalized spacial score (nSPS) is 20.5. The van der Waals surface area contributed by atoms with Gasteiger partial charge in [-0.2, -0.15) is 5.10 Å². The number of aliphatic hydroxyl groups excluding tert-OH is 1. The Morgan fingerprint density at radius 1 is 1.32 bits per heavy atom. The van der Waals surface area contributed by atoms with Crippen LogP contribution in [0.25, 0.3) is 5.65 Å². The van der Waals surface area contributed by atoms with E-state index in [1.165, 1.54) is 18.2 Å². The number of rotatable bonds is 3. The first-order valence-electron chi connectivity index (χ1n) is 10.0. The van der Waals surface area contributed by atoms with Crippen molar-refractivity contribution in [2.24, 2.45) is 0 Å². The van der Waals surface area contributed by atoms with Crippen LogP contribution in [0, 0.1) is 19.7 Å². The standard InChI is InChI=1S/C21H21ClFN5O3/c1-10-19(22)11(2)28-20(25-10)14-8-27(9-15(14)26-28)21(30)13-4-3-12(23)5-17(13)31-18-7-24-6-16(18)29/h3-5,16,18,24,29H,6-9H2,1-2H3. The molecule has 162 valence electrons. The third-order valence-electron chi connectivity index (χ3n) is 5.82. The maximum Gasteiger partial charge on any atom is 0.258 e. The molecule has 5 rings (SSSR count). The first kappa shape index (κ1) is 20.2. The quantitative estimate of drug-likeness (QED) is 0.640. The summed E-state index contributed by atoms with van der Waals surface area (Å²) in [6.45, 7) is 5.16. The van der Waals surface area contributed by atoms with E-state index >= 15 is 0 Å². The number of aryl methyl sites for hydroxylation is 2. The number of halogens is 2. The summed E-state index contributed by atoms with van der Waals surface area (Å²) in [5, 5.41) is 18.2. The Morgan fingerprint density at radius 3 is 2.87 bits per heavy atom. The minimum atomic E-state index is -0.722. The topological polar surface area (TPSA) is 92.0 Å². The molecule has 3 aromatic rings. The van der Waals surface area contributed by atoms with Crippen molar-refractivity contribution in [3.63, 3.8) is 0 Å². The van der Waals surface area contributed by atoms with Gasteiger partial charge in [0.25, 0.3) is 5.91 Å². The predicted molar refractivity (Wildman–Crippen MR) is 111 cm³/mol. The maximum atomic E-state index is 13.9. The monoisotopic (exact) mass is 445 g/mol. The number of nitrogens with zero attached hydrogens (tertiary/aromatic N) is 4. The highest BCUT2D eigenvalue weighted by Gasteiger charge is 2.33. The Morgan fingerprint density at radius 2 is 2.13 bits per heavy atom. The van der Waals surface area contributed by atoms with Crippen molar-refractivity contribution < 1.29 is 19.0 Å². The summed E-state index contributed by atoms with van der Waals surface area (Å²) in [4.78, 5) is 19.5. The number of amides is 1. The summed E-state index contributed by atoms with van der Waals surface area (Å²) < 4.78 is 21.4. The molecule has 0 aliphatic carbocycles. The van der Waals surface area contributed by atoms with Gasteiger partial charge in [-0.3, -0.25) is 4.79 Å². The van der Waals surface area contributed by atoms with Crippen LogP contribution in [-0.2, 0) is 13.1 Å². The minimum Gasteiger partial charge on any atom is -0.485 e. The predicted octanol–water partition coefficient (Wildman–Crippen LogP) is 2.01. The second-order valence-corrected chi connectivity index (χ2v) is 8.32. The van der Waals surface area contributed by atoms with Gasteiger partial charge in [0, 0.05) is 24.7 Å². The summed E-state index contributed by atoms with van der Waals surface area (Å²) in [6, 6.07) is 3.82. The van der Waals surface area contributed by atoms with Crippen molar-refractivity contribution in [3.05, 3.63) is 57.2 Å². The number of aliphatic hydroxyl groups is 1. The van der Waals surface area contributed by atoms with Crippen LogP contribution in [0.4, 0.5) is 4.39 Å². The molecule has 0 spiro atoms. The third kappa shape index (κ3) is 3.33. The lowest BCUT2D eigenvalue weighted by atomic mass is 10.1. The number of nitrogens with one attached hydrogen (secondary N) is 1. The molecular formula is C21H21ClFN5O3. The molecule has 0 radical (unpaired) electrons. The van der Waals surface area contributed by atoms with Gasteiger partial charge in [-0.25, -0.2) is 13.9 Å². The van der Waals surface area contributed by atoms with Crippen molar-refractivity contribution >= 4 is 23.2 Å². The van der Waals surface area contributed by atoms with Crippen LogP contribution in [0.5, 0.6) is 5.75 Å². The van der Waals surface area contributed by atoms with Gasteiger partial charge in [-0.1, -0.05) is 11.6 Å². The fourth-order valence-electron chi connectivity index (χ4n) is 4.12. The zero-order chi connectivity index (χ0) is 21.9. The van der Waals surface area contributed by atoms with Crippen molar-refractivity contribution in [1.82, 2.24) is 24.8 Å². The number of hydrogen-bond acceptors (Lipinski definition) is 6. The van der Waals surface area contributed by atoms with Gasteiger partial charge in [0.2, 0.25) is 0 Å². The highest BCUT2D eigenvalue weighted by molar-refractivity contribution is 6.31. The number of aromatic nitrogens is 3. The van der Waals surface area contributed by atoms with Crippen LogP contribution in [0.3, 0.4) is 0 Å². The Kier molecular flexibility index (Phi) is 4.84. The summed E-state index contributed by atoms with van der Waals surface area (Å²) in [6.07, 6.45) is -1.27. The summed E-state index contributed by atoms with van der Waals surface area (Å²) in [5.41, 5.74) is 4.06. The molecule has 1 aromatic carbocycles. The number of fused-ring (bicyclic) bond motifs is 3. The van der Waals surface area contributed by atoms with E-state index < -0.39 is 18.0 Å². The van der Waals surface area contributed by atoms with Gasteiger partial charge < -0.3 is 20.1 Å². The second kappa shape index (κ2) is 7.44. The van der Waals surface area contributed by atoms with Crippen molar-refractivity contribution in [2.75, 3.05) is 13.1 Å². The molecule has 2 atom stereocenters. The van der Waals surface area contributed by atoms with Crippen LogP contribution in [0.2, 0.25) is 5.02 Å². The van der Waals surface area contributed by atoms with E-state index in [4.69, 9.17) is 16.3 Å². The number of benzene rings is 1. The van der Waals surface area contributed by atoms with E-state index in [2.05, 4.69) is 15.4 Å². The summed E-state index contributed by atoms with van der Waals surface area (Å²) in [7, 11) is 0. The molecule has 1 amide bonds. The van der Waals surface area contributed by atoms with Crippen LogP contribution in [0.1, 0.15) is 33.0 Å². The van der Waals surface area contributed by atoms with E-state index in [0.717, 1.165) is 17.0 Å². The van der Waals surface area contributed by atoms with Crippen LogP contribution in [0.15, 0.2) is 18.2 Å². The highest BCUT2D eigenvalue weighted by Crippen LogP contribution is 2.32. The van der Waals surface area contributed by atoms with Gasteiger partial charge >= 0.3 is 0 Å². The largest absolute Gasteiger partial charge is 0.485 e. The van der Waals surface area contributed by atoms with E-state index in [9.17, 15) is 14.3 Å². The molecule has 4 heterocycles. The Hall–Kier alpha value is -2.75. The number of carbonyl (C=O) groups is 1. The lowest BCUT2D eigenvalue weighted by molar-refractivity contribution is 0.0666. The van der Waals surface area contributed by atoms with Gasteiger partial charge in [0.15, 0.2) is 5.65 Å². The molecule has 0 bridgehead atoms. The SMILES string of the molecule is Cc1nc2c3c(nn2c(C)c1Cl)CN(C(=O)c1ccc(F)cc1OC1CNCC1O)C3. The minimum absolute atomic E-state index is 0.119. The van der Waals surface area contributed by atoms with Crippen LogP contribution >= 0.6 is 11.6 Å². The Bertz CT molecular complexity index is 1210. The third-order valence-corrected chi connectivity index (χ3v) is 6.37. The number of hydrogen-bond donors (Lipinski definition) is 2. The molecule has 10 heteroatoms. The summed E-state index contributed by atoms with van der Waals surface area (Å²) >= 11 is 6.29. The first-order valence-corrected chi connectivity index (χ1v) is 10.4. The highest BCUT2D eigenvalue weighted by atomic mass is 35.5. The zero-order valence-corrected chi connectivity index (χ0v) is 17.8. The lowest BCUT2D eigenvalue weighted by Gasteiger charge is -2.21. The average Bonchev–Trinajstić information content (AvgIpc) is 3.42. The van der Waals surface area contributed by atoms with Crippen molar-refractivity contribution in [1.29, 1.82) is 0 Å². The fraction of sp³-hybridized carbons (Fsp3) is 0.381. The van der Waals surface area contributed by atoms with Gasteiger partial charge in [-0.05, 0) is 26.0 Å². The molecule has 0 saturated carbocycles. The van der Waals surface area contributed by atoms with Crippen molar-refractivity contribution in [3.8, 4) is 5.75 Å². The van der Waals surface area contributed by atoms with E-state index in [0.29, 0.717) is 42.5 Å².